The van der Waals surface area contributed by atoms with Crippen molar-refractivity contribution in [1.29, 1.82) is 0 Å². The van der Waals surface area contributed by atoms with Crippen LogP contribution in [0, 0.1) is 11.3 Å². The van der Waals surface area contributed by atoms with Crippen LogP contribution in [0.2, 0.25) is 0 Å². The van der Waals surface area contributed by atoms with Crippen LogP contribution in [0.3, 0.4) is 0 Å². The Morgan fingerprint density at radius 2 is 1.58 bits per heavy atom. The third-order valence-electron chi connectivity index (χ3n) is 4.32. The molecule has 0 aromatic heterocycles. The number of ketones is 1. The third-order valence-corrected chi connectivity index (χ3v) is 4.32. The Labute approximate surface area is 151 Å². The maximum atomic E-state index is 12.1. The van der Waals surface area contributed by atoms with Crippen LogP contribution in [0.5, 0.6) is 0 Å². The molecular weight excluding hydrogens is 298 g/mol. The standard InChI is InChI=1S/C21H43NO2/c1-17(16-18(23)19(2,3)4)12-10-13-21(8,9)24-15-11-14-22-20(5,6)7/h17,22H,10-16H2,1-9H3. The summed E-state index contributed by atoms with van der Waals surface area (Å²) in [5, 5.41) is 3.48. The second-order valence-corrected chi connectivity index (χ2v) is 10.0. The molecule has 0 aliphatic heterocycles. The summed E-state index contributed by atoms with van der Waals surface area (Å²) in [6.07, 6.45) is 5.00. The summed E-state index contributed by atoms with van der Waals surface area (Å²) < 4.78 is 6.05. The predicted molar refractivity (Wildman–Crippen MR) is 104 cm³/mol. The molecule has 0 amide bonds. The van der Waals surface area contributed by atoms with E-state index in [2.05, 4.69) is 46.9 Å². The lowest BCUT2D eigenvalue weighted by Crippen LogP contribution is -2.37. The molecule has 0 aliphatic rings. The number of nitrogens with one attached hydrogen (secondary N) is 1. The minimum Gasteiger partial charge on any atom is -0.376 e. The number of ether oxygens (including phenoxy) is 1. The first-order valence-corrected chi connectivity index (χ1v) is 9.65. The Balaban J connectivity index is 3.89. The largest absolute Gasteiger partial charge is 0.376 e. The molecule has 0 aromatic carbocycles. The summed E-state index contributed by atoms with van der Waals surface area (Å²) in [7, 11) is 0. The van der Waals surface area contributed by atoms with Gasteiger partial charge >= 0.3 is 0 Å². The van der Waals surface area contributed by atoms with Crippen LogP contribution in [0.4, 0.5) is 0 Å². The molecule has 0 aliphatic carbocycles. The van der Waals surface area contributed by atoms with Gasteiger partial charge in [-0.2, -0.15) is 0 Å². The Kier molecular flexibility index (Phi) is 9.74. The van der Waals surface area contributed by atoms with Gasteiger partial charge in [-0.3, -0.25) is 4.79 Å². The fourth-order valence-electron chi connectivity index (χ4n) is 2.56. The fourth-order valence-corrected chi connectivity index (χ4v) is 2.56. The highest BCUT2D eigenvalue weighted by Crippen LogP contribution is 2.24. The highest BCUT2D eigenvalue weighted by atomic mass is 16.5. The van der Waals surface area contributed by atoms with E-state index in [-0.39, 0.29) is 16.6 Å². The average Bonchev–Trinajstić information content (AvgIpc) is 2.35. The van der Waals surface area contributed by atoms with Gasteiger partial charge in [0, 0.05) is 24.0 Å². The molecule has 0 heterocycles. The van der Waals surface area contributed by atoms with Gasteiger partial charge in [-0.15, -0.1) is 0 Å². The van der Waals surface area contributed by atoms with Gasteiger partial charge in [-0.25, -0.2) is 0 Å². The molecular formula is C21H43NO2. The molecule has 0 saturated heterocycles. The van der Waals surface area contributed by atoms with Gasteiger partial charge in [-0.1, -0.05) is 40.5 Å². The van der Waals surface area contributed by atoms with Crippen LogP contribution in [0.1, 0.15) is 94.4 Å². The van der Waals surface area contributed by atoms with Gasteiger partial charge in [-0.05, 0) is 59.9 Å². The predicted octanol–water partition coefficient (Wildman–Crippen LogP) is 5.37. The van der Waals surface area contributed by atoms with E-state index in [4.69, 9.17) is 4.74 Å². The van der Waals surface area contributed by atoms with E-state index in [0.29, 0.717) is 18.1 Å². The number of hydrogen-bond acceptors (Lipinski definition) is 3. The van der Waals surface area contributed by atoms with E-state index in [1.165, 1.54) is 0 Å². The lowest BCUT2D eigenvalue weighted by Gasteiger charge is -2.27. The van der Waals surface area contributed by atoms with Crippen LogP contribution in [-0.4, -0.2) is 30.1 Å². The Morgan fingerprint density at radius 1 is 1.00 bits per heavy atom. The minimum atomic E-state index is -0.211. The van der Waals surface area contributed by atoms with Crippen molar-refractivity contribution >= 4 is 5.78 Å². The van der Waals surface area contributed by atoms with Crippen LogP contribution < -0.4 is 5.32 Å². The molecule has 0 saturated carbocycles. The summed E-state index contributed by atoms with van der Waals surface area (Å²) in [6, 6.07) is 0. The quantitative estimate of drug-likeness (QED) is 0.513. The smallest absolute Gasteiger partial charge is 0.138 e. The summed E-state index contributed by atoms with van der Waals surface area (Å²) in [5.74, 6) is 0.834. The summed E-state index contributed by atoms with van der Waals surface area (Å²) in [4.78, 5) is 12.1. The van der Waals surface area contributed by atoms with E-state index in [0.717, 1.165) is 38.8 Å². The van der Waals surface area contributed by atoms with Crippen molar-refractivity contribution in [2.24, 2.45) is 11.3 Å². The zero-order valence-electron chi connectivity index (χ0n) is 17.8. The molecule has 0 radical (unpaired) electrons. The maximum Gasteiger partial charge on any atom is 0.138 e. The Morgan fingerprint density at radius 3 is 2.08 bits per heavy atom. The normalized spacial score (nSPS) is 14.7. The first-order chi connectivity index (χ1) is 10.7. The van der Waals surface area contributed by atoms with E-state index in [9.17, 15) is 4.79 Å². The molecule has 1 N–H and O–H groups in total. The fraction of sp³-hybridized carbons (Fsp3) is 0.952. The van der Waals surface area contributed by atoms with Gasteiger partial charge in [0.25, 0.3) is 0 Å². The zero-order chi connectivity index (χ0) is 19.0. The van der Waals surface area contributed by atoms with Crippen molar-refractivity contribution in [2.75, 3.05) is 13.2 Å². The maximum absolute atomic E-state index is 12.1. The van der Waals surface area contributed by atoms with Crippen LogP contribution in [0.15, 0.2) is 0 Å². The van der Waals surface area contributed by atoms with Crippen molar-refractivity contribution < 1.29 is 9.53 Å². The van der Waals surface area contributed by atoms with Crippen LogP contribution in [0.25, 0.3) is 0 Å². The lowest BCUT2D eigenvalue weighted by atomic mass is 9.84. The number of carbonyl (C=O) groups is 1. The van der Waals surface area contributed by atoms with Crippen molar-refractivity contribution in [3.63, 3.8) is 0 Å². The van der Waals surface area contributed by atoms with Gasteiger partial charge in [0.2, 0.25) is 0 Å². The van der Waals surface area contributed by atoms with E-state index in [1.807, 2.05) is 20.8 Å². The zero-order valence-corrected chi connectivity index (χ0v) is 17.8. The average molecular weight is 342 g/mol. The number of Topliss-reactive ketones (excluding diaryl/α,β-unsaturated/α-hetero) is 1. The number of carbonyl (C=O) groups excluding carboxylic acids is 1. The minimum absolute atomic E-state index is 0.0739. The van der Waals surface area contributed by atoms with Crippen molar-refractivity contribution in [2.45, 2.75) is 106 Å². The molecule has 0 fully saturated rings. The van der Waals surface area contributed by atoms with Gasteiger partial charge in [0.1, 0.15) is 5.78 Å². The monoisotopic (exact) mass is 341 g/mol. The summed E-state index contributed by atoms with van der Waals surface area (Å²) >= 11 is 0. The number of rotatable bonds is 11. The van der Waals surface area contributed by atoms with Crippen molar-refractivity contribution in [1.82, 2.24) is 5.32 Å². The topological polar surface area (TPSA) is 38.3 Å². The molecule has 3 heteroatoms. The van der Waals surface area contributed by atoms with Crippen molar-refractivity contribution in [3.05, 3.63) is 0 Å². The molecule has 144 valence electrons. The first-order valence-electron chi connectivity index (χ1n) is 9.65. The van der Waals surface area contributed by atoms with Crippen LogP contribution in [-0.2, 0) is 9.53 Å². The summed E-state index contributed by atoms with van der Waals surface area (Å²) in [5.41, 5.74) is -0.108. The molecule has 1 atom stereocenters. The SMILES string of the molecule is CC(CCCC(C)(C)OCCCNC(C)(C)C)CC(=O)C(C)(C)C. The molecule has 3 nitrogen and oxygen atoms in total. The number of hydrogen-bond donors (Lipinski definition) is 1. The van der Waals surface area contributed by atoms with E-state index < -0.39 is 0 Å². The highest BCUT2D eigenvalue weighted by Gasteiger charge is 2.23. The van der Waals surface area contributed by atoms with E-state index >= 15 is 0 Å². The molecule has 1 unspecified atom stereocenters. The van der Waals surface area contributed by atoms with E-state index in [1.54, 1.807) is 0 Å². The van der Waals surface area contributed by atoms with Gasteiger partial charge in [0.05, 0.1) is 5.60 Å². The third kappa shape index (κ3) is 12.9. The Hall–Kier alpha value is -0.410. The molecule has 0 rings (SSSR count). The second-order valence-electron chi connectivity index (χ2n) is 10.0. The highest BCUT2D eigenvalue weighted by molar-refractivity contribution is 5.83. The van der Waals surface area contributed by atoms with Crippen LogP contribution >= 0.6 is 0 Å². The van der Waals surface area contributed by atoms with Gasteiger partial charge in [0.15, 0.2) is 0 Å². The lowest BCUT2D eigenvalue weighted by molar-refractivity contribution is -0.127. The molecule has 0 bridgehead atoms. The first kappa shape index (κ1) is 23.6. The molecule has 0 spiro atoms. The summed E-state index contributed by atoms with van der Waals surface area (Å²) in [6.45, 7) is 20.9. The molecule has 24 heavy (non-hydrogen) atoms. The second kappa shape index (κ2) is 9.91. The molecule has 0 aromatic rings. The van der Waals surface area contributed by atoms with Crippen molar-refractivity contribution in [3.8, 4) is 0 Å². The Bertz CT molecular complexity index is 361. The van der Waals surface area contributed by atoms with Gasteiger partial charge < -0.3 is 10.1 Å².